The zero-order valence-electron chi connectivity index (χ0n) is 11.4. The van der Waals surface area contributed by atoms with Gasteiger partial charge in [-0.1, -0.05) is 44.3 Å². The second-order valence-corrected chi connectivity index (χ2v) is 4.74. The van der Waals surface area contributed by atoms with Crippen molar-refractivity contribution in [2.75, 3.05) is 6.61 Å². The molecule has 0 saturated carbocycles. The van der Waals surface area contributed by atoms with Gasteiger partial charge in [0.25, 0.3) is 0 Å². The van der Waals surface area contributed by atoms with Crippen molar-refractivity contribution in [2.45, 2.75) is 70.6 Å². The fraction of sp³-hybridized carbons (Fsp3) is 0.800. The summed E-state index contributed by atoms with van der Waals surface area (Å²) in [7, 11) is 0. The average Bonchev–Trinajstić information content (AvgIpc) is 2.34. The van der Waals surface area contributed by atoms with Gasteiger partial charge < -0.3 is 10.2 Å². The van der Waals surface area contributed by atoms with E-state index in [1.165, 1.54) is 32.1 Å². The van der Waals surface area contributed by atoms with E-state index in [1.807, 2.05) is 0 Å². The third-order valence-corrected chi connectivity index (χ3v) is 2.96. The SMILES string of the molecule is O=C(O)CCCCCCCCC/C=C/CCCO. The Morgan fingerprint density at radius 2 is 1.28 bits per heavy atom. The van der Waals surface area contributed by atoms with Gasteiger partial charge in [-0.05, 0) is 32.1 Å². The summed E-state index contributed by atoms with van der Waals surface area (Å²) in [5.41, 5.74) is 0. The van der Waals surface area contributed by atoms with Crippen LogP contribution in [-0.2, 0) is 4.79 Å². The van der Waals surface area contributed by atoms with Crippen LogP contribution in [0.3, 0.4) is 0 Å². The van der Waals surface area contributed by atoms with Crippen molar-refractivity contribution in [1.82, 2.24) is 0 Å². The largest absolute Gasteiger partial charge is 0.481 e. The Labute approximate surface area is 111 Å². The number of carbonyl (C=O) groups is 1. The van der Waals surface area contributed by atoms with Crippen LogP contribution in [0.4, 0.5) is 0 Å². The summed E-state index contributed by atoms with van der Waals surface area (Å²) in [6, 6.07) is 0. The molecule has 0 saturated heterocycles. The molecule has 0 aromatic heterocycles. The summed E-state index contributed by atoms with van der Waals surface area (Å²) in [5.74, 6) is -0.678. The van der Waals surface area contributed by atoms with Gasteiger partial charge in [-0.3, -0.25) is 4.79 Å². The van der Waals surface area contributed by atoms with Crippen molar-refractivity contribution in [1.29, 1.82) is 0 Å². The molecule has 0 spiro atoms. The van der Waals surface area contributed by atoms with Crippen molar-refractivity contribution < 1.29 is 15.0 Å². The van der Waals surface area contributed by atoms with E-state index in [1.54, 1.807) is 0 Å². The van der Waals surface area contributed by atoms with E-state index in [9.17, 15) is 4.79 Å². The lowest BCUT2D eigenvalue weighted by Crippen LogP contribution is -1.93. The fourth-order valence-corrected chi connectivity index (χ4v) is 1.87. The van der Waals surface area contributed by atoms with Gasteiger partial charge >= 0.3 is 5.97 Å². The highest BCUT2D eigenvalue weighted by Crippen LogP contribution is 2.10. The van der Waals surface area contributed by atoms with Crippen LogP contribution in [0.5, 0.6) is 0 Å². The Morgan fingerprint density at radius 1 is 0.778 bits per heavy atom. The molecular weight excluding hydrogens is 228 g/mol. The minimum atomic E-state index is -0.678. The van der Waals surface area contributed by atoms with Crippen LogP contribution in [0, 0.1) is 0 Å². The monoisotopic (exact) mass is 256 g/mol. The van der Waals surface area contributed by atoms with Crippen molar-refractivity contribution in [3.63, 3.8) is 0 Å². The number of hydrogen-bond donors (Lipinski definition) is 2. The molecule has 2 N–H and O–H groups in total. The van der Waals surface area contributed by atoms with Crippen molar-refractivity contribution in [3.05, 3.63) is 12.2 Å². The molecule has 0 aromatic carbocycles. The molecule has 0 aliphatic carbocycles. The number of carboxylic acid groups (broad SMARTS) is 1. The van der Waals surface area contributed by atoms with Crippen molar-refractivity contribution >= 4 is 5.97 Å². The van der Waals surface area contributed by atoms with Crippen LogP contribution in [0.2, 0.25) is 0 Å². The van der Waals surface area contributed by atoms with Crippen LogP contribution in [0.25, 0.3) is 0 Å². The molecule has 3 nitrogen and oxygen atoms in total. The molecule has 0 heterocycles. The molecule has 3 heteroatoms. The molecule has 0 aliphatic rings. The smallest absolute Gasteiger partial charge is 0.303 e. The fourth-order valence-electron chi connectivity index (χ4n) is 1.87. The molecule has 0 bridgehead atoms. The minimum Gasteiger partial charge on any atom is -0.481 e. The Morgan fingerprint density at radius 3 is 1.83 bits per heavy atom. The van der Waals surface area contributed by atoms with E-state index in [2.05, 4.69) is 12.2 Å². The van der Waals surface area contributed by atoms with Crippen LogP contribution in [0.1, 0.15) is 70.6 Å². The Hall–Kier alpha value is -0.830. The summed E-state index contributed by atoms with van der Waals surface area (Å²) < 4.78 is 0. The summed E-state index contributed by atoms with van der Waals surface area (Å²) in [6.45, 7) is 0.284. The lowest BCUT2D eigenvalue weighted by molar-refractivity contribution is -0.137. The highest BCUT2D eigenvalue weighted by molar-refractivity contribution is 5.66. The number of aliphatic hydroxyl groups is 1. The van der Waals surface area contributed by atoms with Crippen LogP contribution < -0.4 is 0 Å². The quantitative estimate of drug-likeness (QED) is 0.388. The van der Waals surface area contributed by atoms with E-state index >= 15 is 0 Å². The maximum Gasteiger partial charge on any atom is 0.303 e. The third kappa shape index (κ3) is 15.2. The first kappa shape index (κ1) is 17.2. The number of rotatable bonds is 13. The summed E-state index contributed by atoms with van der Waals surface area (Å²) in [5, 5.41) is 17.1. The van der Waals surface area contributed by atoms with Crippen LogP contribution in [-0.4, -0.2) is 22.8 Å². The maximum absolute atomic E-state index is 10.3. The highest BCUT2D eigenvalue weighted by atomic mass is 16.4. The average molecular weight is 256 g/mol. The molecule has 0 unspecified atom stereocenters. The predicted octanol–water partition coefficient (Wildman–Crippen LogP) is 3.91. The number of allylic oxidation sites excluding steroid dienone is 2. The van der Waals surface area contributed by atoms with Crippen LogP contribution >= 0.6 is 0 Å². The third-order valence-electron chi connectivity index (χ3n) is 2.96. The Balaban J connectivity index is 3.03. The van der Waals surface area contributed by atoms with E-state index in [0.717, 1.165) is 32.1 Å². The van der Waals surface area contributed by atoms with E-state index in [-0.39, 0.29) is 6.61 Å². The number of aliphatic hydroxyl groups excluding tert-OH is 1. The Bertz CT molecular complexity index is 212. The normalized spacial score (nSPS) is 11.2. The van der Waals surface area contributed by atoms with Crippen molar-refractivity contribution in [3.8, 4) is 0 Å². The number of aliphatic carboxylic acids is 1. The molecule has 0 rings (SSSR count). The number of unbranched alkanes of at least 4 members (excludes halogenated alkanes) is 8. The maximum atomic E-state index is 10.3. The topological polar surface area (TPSA) is 57.5 Å². The second-order valence-electron chi connectivity index (χ2n) is 4.74. The van der Waals surface area contributed by atoms with Gasteiger partial charge in [-0.15, -0.1) is 0 Å². The first-order chi connectivity index (χ1) is 8.77. The van der Waals surface area contributed by atoms with Gasteiger partial charge in [-0.25, -0.2) is 0 Å². The lowest BCUT2D eigenvalue weighted by atomic mass is 10.1. The van der Waals surface area contributed by atoms with E-state index < -0.39 is 5.97 Å². The van der Waals surface area contributed by atoms with Crippen LogP contribution in [0.15, 0.2) is 12.2 Å². The predicted molar refractivity (Wildman–Crippen MR) is 74.6 cm³/mol. The molecule has 0 fully saturated rings. The first-order valence-electron chi connectivity index (χ1n) is 7.25. The minimum absolute atomic E-state index is 0.284. The number of hydrogen-bond acceptors (Lipinski definition) is 2. The summed E-state index contributed by atoms with van der Waals surface area (Å²) >= 11 is 0. The zero-order valence-corrected chi connectivity index (χ0v) is 11.4. The van der Waals surface area contributed by atoms with Gasteiger partial charge in [0.05, 0.1) is 0 Å². The van der Waals surface area contributed by atoms with Gasteiger partial charge in [0.15, 0.2) is 0 Å². The van der Waals surface area contributed by atoms with Gasteiger partial charge in [0, 0.05) is 13.0 Å². The lowest BCUT2D eigenvalue weighted by Gasteiger charge is -2.00. The van der Waals surface area contributed by atoms with Gasteiger partial charge in [0.1, 0.15) is 0 Å². The Kier molecular flexibility index (Phi) is 13.6. The van der Waals surface area contributed by atoms with Gasteiger partial charge in [0.2, 0.25) is 0 Å². The summed E-state index contributed by atoms with van der Waals surface area (Å²) in [4.78, 5) is 10.3. The first-order valence-corrected chi connectivity index (χ1v) is 7.25. The second kappa shape index (κ2) is 14.2. The molecule has 18 heavy (non-hydrogen) atoms. The zero-order chi connectivity index (χ0) is 13.5. The van der Waals surface area contributed by atoms with E-state index in [0.29, 0.717) is 6.42 Å². The molecular formula is C15H28O3. The van der Waals surface area contributed by atoms with Gasteiger partial charge in [-0.2, -0.15) is 0 Å². The molecule has 0 atom stereocenters. The van der Waals surface area contributed by atoms with Crippen molar-refractivity contribution in [2.24, 2.45) is 0 Å². The molecule has 0 amide bonds. The molecule has 106 valence electrons. The number of carboxylic acids is 1. The molecule has 0 radical (unpaired) electrons. The van der Waals surface area contributed by atoms with E-state index in [4.69, 9.17) is 10.2 Å². The highest BCUT2D eigenvalue weighted by Gasteiger charge is 1.96. The summed E-state index contributed by atoms with van der Waals surface area (Å²) in [6.07, 6.45) is 15.7. The molecule has 0 aliphatic heterocycles. The standard InChI is InChI=1S/C15H28O3/c16-14-12-10-8-6-4-2-1-3-5-7-9-11-13-15(17)18/h6,8,16H,1-5,7,9-14H2,(H,17,18)/b8-6+. The molecule has 0 aromatic rings.